The van der Waals surface area contributed by atoms with Gasteiger partial charge in [0.2, 0.25) is 0 Å². The van der Waals surface area contributed by atoms with Crippen LogP contribution in [-0.4, -0.2) is 52.4 Å². The summed E-state index contributed by atoms with van der Waals surface area (Å²) >= 11 is 0. The number of aromatic amines is 1. The predicted octanol–water partition coefficient (Wildman–Crippen LogP) is 3.52. The minimum atomic E-state index is -0.127. The van der Waals surface area contributed by atoms with E-state index < -0.39 is 0 Å². The lowest BCUT2D eigenvalue weighted by Crippen LogP contribution is -2.39. The highest BCUT2D eigenvalue weighted by molar-refractivity contribution is 6.07. The van der Waals surface area contributed by atoms with Gasteiger partial charge in [0.05, 0.1) is 22.6 Å². The molecule has 0 atom stereocenters. The summed E-state index contributed by atoms with van der Waals surface area (Å²) in [6.07, 6.45) is 6.02. The molecule has 1 N–H and O–H groups in total. The van der Waals surface area contributed by atoms with Gasteiger partial charge in [0.1, 0.15) is 0 Å². The van der Waals surface area contributed by atoms with Crippen LogP contribution in [0.1, 0.15) is 41.6 Å². The van der Waals surface area contributed by atoms with Crippen LogP contribution < -0.4 is 5.56 Å². The minimum Gasteiger partial charge on any atom is -0.384 e. The van der Waals surface area contributed by atoms with E-state index in [1.165, 1.54) is 12.8 Å². The Morgan fingerprint density at radius 2 is 1.90 bits per heavy atom. The second kappa shape index (κ2) is 8.63. The molecular weight excluding hydrogens is 416 g/mol. The number of rotatable bonds is 5. The topological polar surface area (TPSA) is 80.2 Å². The molecule has 0 spiro atoms. The summed E-state index contributed by atoms with van der Waals surface area (Å²) in [5.74, 6) is 1.23. The molecular formula is C23H29ClN4O3. The Morgan fingerprint density at radius 3 is 2.58 bits per heavy atom. The normalized spacial score (nSPS) is 17.3. The molecule has 1 amide bonds. The maximum absolute atomic E-state index is 13.3. The third-order valence-electron chi connectivity index (χ3n) is 6.61. The van der Waals surface area contributed by atoms with Crippen LogP contribution in [0.4, 0.5) is 0 Å². The number of hydrogen-bond donors (Lipinski definition) is 1. The average Bonchev–Trinajstić information content (AvgIpc) is 3.45. The van der Waals surface area contributed by atoms with Crippen molar-refractivity contribution in [3.8, 4) is 0 Å². The molecule has 31 heavy (non-hydrogen) atoms. The number of hydrogen-bond acceptors (Lipinski definition) is 4. The number of piperidine rings is 1. The van der Waals surface area contributed by atoms with Gasteiger partial charge in [-0.3, -0.25) is 14.3 Å². The number of ether oxygens (including phenoxy) is 1. The molecule has 1 aromatic carbocycles. The highest BCUT2D eigenvalue weighted by Gasteiger charge is 2.26. The van der Waals surface area contributed by atoms with Crippen molar-refractivity contribution >= 4 is 40.1 Å². The molecule has 0 bridgehead atoms. The molecule has 1 saturated heterocycles. The van der Waals surface area contributed by atoms with Crippen LogP contribution in [0.15, 0.2) is 23.1 Å². The minimum absolute atomic E-state index is 0. The van der Waals surface area contributed by atoms with E-state index in [0.29, 0.717) is 22.8 Å². The molecule has 1 aliphatic heterocycles. The first-order chi connectivity index (χ1) is 14.5. The first-order valence-electron chi connectivity index (χ1n) is 10.9. The molecule has 0 unspecified atom stereocenters. The number of carbonyl (C=O) groups excluding carboxylic acids is 1. The summed E-state index contributed by atoms with van der Waals surface area (Å²) in [6.45, 7) is 5.03. The second-order valence-corrected chi connectivity index (χ2v) is 8.89. The lowest BCUT2D eigenvalue weighted by Gasteiger charge is -2.32. The predicted molar refractivity (Wildman–Crippen MR) is 123 cm³/mol. The maximum Gasteiger partial charge on any atom is 0.259 e. The number of amides is 1. The second-order valence-electron chi connectivity index (χ2n) is 8.89. The number of methoxy groups -OCH3 is 1. The maximum atomic E-state index is 13.3. The number of H-pyrrole nitrogens is 1. The summed E-state index contributed by atoms with van der Waals surface area (Å²) in [4.78, 5) is 30.8. The standard InChI is InChI=1S/C23H28N4O3.ClH/c1-14-9-20-18(10-17(14)23(29)26-7-5-16(6-8-26)13-30-2)21-19(22(28)25-20)11-24-27(21)12-15-3-4-15;/h9-11,15-16H,3-8,12-13H2,1-2H3,(H,25,28);1H. The fourth-order valence-corrected chi connectivity index (χ4v) is 4.66. The van der Waals surface area contributed by atoms with Gasteiger partial charge in [0, 0.05) is 44.3 Å². The van der Waals surface area contributed by atoms with Crippen molar-refractivity contribution in [2.45, 2.75) is 39.2 Å². The summed E-state index contributed by atoms with van der Waals surface area (Å²) in [7, 11) is 1.73. The van der Waals surface area contributed by atoms with Crippen molar-refractivity contribution in [3.05, 3.63) is 39.8 Å². The first-order valence-corrected chi connectivity index (χ1v) is 10.9. The van der Waals surface area contributed by atoms with E-state index in [2.05, 4.69) is 10.1 Å². The Morgan fingerprint density at radius 1 is 1.16 bits per heavy atom. The zero-order chi connectivity index (χ0) is 20.8. The van der Waals surface area contributed by atoms with E-state index in [0.717, 1.165) is 61.1 Å². The molecule has 2 aromatic heterocycles. The monoisotopic (exact) mass is 444 g/mol. The van der Waals surface area contributed by atoms with Crippen LogP contribution in [0.3, 0.4) is 0 Å². The molecule has 1 aliphatic carbocycles. The van der Waals surface area contributed by atoms with Crippen molar-refractivity contribution in [2.24, 2.45) is 11.8 Å². The molecule has 3 aromatic rings. The molecule has 3 heterocycles. The lowest BCUT2D eigenvalue weighted by atomic mass is 9.96. The third-order valence-corrected chi connectivity index (χ3v) is 6.61. The number of pyridine rings is 1. The fraction of sp³-hybridized carbons (Fsp3) is 0.522. The first kappa shape index (κ1) is 21.8. The zero-order valence-corrected chi connectivity index (χ0v) is 18.8. The number of aryl methyl sites for hydroxylation is 1. The van der Waals surface area contributed by atoms with Crippen molar-refractivity contribution in [2.75, 3.05) is 26.8 Å². The lowest BCUT2D eigenvalue weighted by molar-refractivity contribution is 0.0613. The molecule has 2 fully saturated rings. The molecule has 1 saturated carbocycles. The van der Waals surface area contributed by atoms with E-state index >= 15 is 0 Å². The number of fused-ring (bicyclic) bond motifs is 3. The smallest absolute Gasteiger partial charge is 0.259 e. The van der Waals surface area contributed by atoms with Gasteiger partial charge in [-0.15, -0.1) is 12.4 Å². The van der Waals surface area contributed by atoms with Crippen LogP contribution in [0.5, 0.6) is 0 Å². The van der Waals surface area contributed by atoms with E-state index in [9.17, 15) is 9.59 Å². The van der Waals surface area contributed by atoms with E-state index in [4.69, 9.17) is 4.74 Å². The molecule has 2 aliphatic rings. The van der Waals surface area contributed by atoms with Crippen LogP contribution in [0, 0.1) is 18.8 Å². The quantitative estimate of drug-likeness (QED) is 0.653. The number of nitrogens with one attached hydrogen (secondary N) is 1. The molecule has 7 nitrogen and oxygen atoms in total. The highest BCUT2D eigenvalue weighted by Crippen LogP contribution is 2.33. The average molecular weight is 445 g/mol. The number of nitrogens with zero attached hydrogens (tertiary/aromatic N) is 3. The third kappa shape index (κ3) is 4.08. The largest absolute Gasteiger partial charge is 0.384 e. The SMILES string of the molecule is COCC1CCN(C(=O)c2cc3c(cc2C)[nH]c(=O)c2cnn(CC4CC4)c23)CC1.Cl. The van der Waals surface area contributed by atoms with Gasteiger partial charge < -0.3 is 14.6 Å². The number of aromatic nitrogens is 3. The van der Waals surface area contributed by atoms with E-state index in [-0.39, 0.29) is 23.9 Å². The molecule has 8 heteroatoms. The Bertz CT molecular complexity index is 1170. The van der Waals surface area contributed by atoms with Gasteiger partial charge in [0.25, 0.3) is 11.5 Å². The van der Waals surface area contributed by atoms with Crippen LogP contribution in [0.25, 0.3) is 21.8 Å². The zero-order valence-electron chi connectivity index (χ0n) is 18.0. The van der Waals surface area contributed by atoms with Gasteiger partial charge in [-0.05, 0) is 62.1 Å². The van der Waals surface area contributed by atoms with Crippen molar-refractivity contribution < 1.29 is 9.53 Å². The Hall–Kier alpha value is -2.38. The van der Waals surface area contributed by atoms with Gasteiger partial charge in [0.15, 0.2) is 0 Å². The molecule has 5 rings (SSSR count). The van der Waals surface area contributed by atoms with Crippen LogP contribution in [0.2, 0.25) is 0 Å². The molecule has 166 valence electrons. The van der Waals surface area contributed by atoms with Crippen molar-refractivity contribution in [3.63, 3.8) is 0 Å². The molecule has 0 radical (unpaired) electrons. The number of carbonyl (C=O) groups is 1. The highest BCUT2D eigenvalue weighted by atomic mass is 35.5. The number of likely N-dealkylation sites (tertiary alicyclic amines) is 1. The summed E-state index contributed by atoms with van der Waals surface area (Å²) in [6, 6.07) is 3.88. The summed E-state index contributed by atoms with van der Waals surface area (Å²) in [5, 5.41) is 5.97. The van der Waals surface area contributed by atoms with Gasteiger partial charge in [-0.25, -0.2) is 0 Å². The Balaban J connectivity index is 0.00000231. The fourth-order valence-electron chi connectivity index (χ4n) is 4.66. The Kier molecular flexibility index (Phi) is 6.08. The number of halogens is 1. The van der Waals surface area contributed by atoms with E-state index in [1.807, 2.05) is 28.6 Å². The van der Waals surface area contributed by atoms with Gasteiger partial charge in [-0.2, -0.15) is 5.10 Å². The Labute approximate surface area is 187 Å². The van der Waals surface area contributed by atoms with Gasteiger partial charge >= 0.3 is 0 Å². The summed E-state index contributed by atoms with van der Waals surface area (Å²) in [5.41, 5.74) is 3.07. The van der Waals surface area contributed by atoms with Crippen LogP contribution in [-0.2, 0) is 11.3 Å². The van der Waals surface area contributed by atoms with Crippen molar-refractivity contribution in [1.82, 2.24) is 19.7 Å². The summed E-state index contributed by atoms with van der Waals surface area (Å²) < 4.78 is 7.22. The van der Waals surface area contributed by atoms with Gasteiger partial charge in [-0.1, -0.05) is 0 Å². The van der Waals surface area contributed by atoms with Crippen LogP contribution >= 0.6 is 12.4 Å². The van der Waals surface area contributed by atoms with E-state index in [1.54, 1.807) is 13.3 Å². The number of benzene rings is 1. The van der Waals surface area contributed by atoms with Crippen molar-refractivity contribution in [1.29, 1.82) is 0 Å².